The van der Waals surface area contributed by atoms with Crippen LogP contribution in [0, 0.1) is 0 Å². The summed E-state index contributed by atoms with van der Waals surface area (Å²) >= 11 is 13.8. The molecule has 0 aromatic heterocycles. The molecule has 25 heavy (non-hydrogen) atoms. The summed E-state index contributed by atoms with van der Waals surface area (Å²) in [5.74, 6) is 2.31. The lowest BCUT2D eigenvalue weighted by molar-refractivity contribution is 0.0377. The van der Waals surface area contributed by atoms with Gasteiger partial charge in [0.15, 0.2) is 5.96 Å². The van der Waals surface area contributed by atoms with Crippen LogP contribution < -0.4 is 11.1 Å². The molecule has 0 radical (unpaired) electrons. The largest absolute Gasteiger partial charge is 0.379 e. The van der Waals surface area contributed by atoms with E-state index in [2.05, 4.69) is 15.2 Å². The van der Waals surface area contributed by atoms with Crippen LogP contribution in [0.3, 0.4) is 0 Å². The molecule has 1 aliphatic heterocycles. The Hall–Kier alpha value is -0.660. The Morgan fingerprint density at radius 1 is 1.32 bits per heavy atom. The molecule has 1 aliphatic rings. The topological polar surface area (TPSA) is 62.9 Å². The SMILES string of the molecule is NC(=NCCCN1CCOCC1)NCCSCc1ccc(Cl)cc1Cl. The standard InChI is InChI=1S/C17H26Cl2N4OS/c18-15-3-2-14(16(19)12-15)13-25-11-5-22-17(20)21-4-1-6-23-7-9-24-10-8-23/h2-3,12H,1,4-11,13H2,(H3,20,21,22). The fourth-order valence-corrected chi connectivity index (χ4v) is 3.86. The van der Waals surface area contributed by atoms with Crippen LogP contribution in [0.1, 0.15) is 12.0 Å². The van der Waals surface area contributed by atoms with Gasteiger partial charge in [-0.15, -0.1) is 0 Å². The van der Waals surface area contributed by atoms with E-state index < -0.39 is 0 Å². The van der Waals surface area contributed by atoms with Crippen molar-refractivity contribution in [2.45, 2.75) is 12.2 Å². The Labute approximate surface area is 164 Å². The van der Waals surface area contributed by atoms with Crippen molar-refractivity contribution in [3.05, 3.63) is 33.8 Å². The second kappa shape index (κ2) is 11.9. The van der Waals surface area contributed by atoms with E-state index in [-0.39, 0.29) is 0 Å². The number of nitrogens with one attached hydrogen (secondary N) is 1. The van der Waals surface area contributed by atoms with Crippen LogP contribution in [-0.2, 0) is 10.5 Å². The summed E-state index contributed by atoms with van der Waals surface area (Å²) in [6.07, 6.45) is 1.02. The van der Waals surface area contributed by atoms with Crippen LogP contribution >= 0.6 is 35.0 Å². The van der Waals surface area contributed by atoms with Gasteiger partial charge in [0.25, 0.3) is 0 Å². The van der Waals surface area contributed by atoms with E-state index in [0.717, 1.165) is 69.4 Å². The first-order valence-electron chi connectivity index (χ1n) is 8.50. The van der Waals surface area contributed by atoms with Gasteiger partial charge in [0, 0.05) is 54.3 Å². The molecule has 0 unspecified atom stereocenters. The molecule has 0 bridgehead atoms. The van der Waals surface area contributed by atoms with Crippen molar-refractivity contribution in [1.82, 2.24) is 10.2 Å². The summed E-state index contributed by atoms with van der Waals surface area (Å²) in [6, 6.07) is 5.61. The molecule has 2 rings (SSSR count). The number of rotatable bonds is 9. The average molecular weight is 405 g/mol. The zero-order valence-electron chi connectivity index (χ0n) is 14.3. The van der Waals surface area contributed by atoms with Crippen LogP contribution in [0.4, 0.5) is 0 Å². The Bertz CT molecular complexity index is 553. The van der Waals surface area contributed by atoms with Crippen molar-refractivity contribution in [2.75, 3.05) is 51.7 Å². The summed E-state index contributed by atoms with van der Waals surface area (Å²) < 4.78 is 5.33. The highest BCUT2D eigenvalue weighted by Crippen LogP contribution is 2.24. The van der Waals surface area contributed by atoms with Gasteiger partial charge in [-0.3, -0.25) is 9.89 Å². The molecule has 0 amide bonds. The molecule has 0 saturated carbocycles. The fourth-order valence-electron chi connectivity index (χ4n) is 2.45. The fraction of sp³-hybridized carbons (Fsp3) is 0.588. The predicted octanol–water partition coefficient (Wildman–Crippen LogP) is 2.85. The van der Waals surface area contributed by atoms with Gasteiger partial charge in [0.1, 0.15) is 0 Å². The molecule has 1 fully saturated rings. The number of nitrogens with two attached hydrogens (primary N) is 1. The van der Waals surface area contributed by atoms with E-state index in [4.69, 9.17) is 33.7 Å². The highest BCUT2D eigenvalue weighted by Gasteiger charge is 2.08. The molecule has 0 aliphatic carbocycles. The van der Waals surface area contributed by atoms with Gasteiger partial charge in [-0.05, 0) is 24.1 Å². The number of morpholine rings is 1. The Balaban J connectivity index is 1.51. The van der Waals surface area contributed by atoms with Crippen LogP contribution in [-0.4, -0.2) is 62.5 Å². The average Bonchev–Trinajstić information content (AvgIpc) is 2.61. The number of ether oxygens (including phenoxy) is 1. The monoisotopic (exact) mass is 404 g/mol. The van der Waals surface area contributed by atoms with E-state index >= 15 is 0 Å². The zero-order chi connectivity index (χ0) is 17.9. The maximum atomic E-state index is 6.16. The summed E-state index contributed by atoms with van der Waals surface area (Å²) in [4.78, 5) is 6.77. The van der Waals surface area contributed by atoms with Gasteiger partial charge in [-0.2, -0.15) is 11.8 Å². The highest BCUT2D eigenvalue weighted by molar-refractivity contribution is 7.98. The molecule has 140 valence electrons. The molecule has 1 heterocycles. The quantitative estimate of drug-likeness (QED) is 0.376. The van der Waals surface area contributed by atoms with E-state index in [1.54, 1.807) is 17.8 Å². The van der Waals surface area contributed by atoms with Gasteiger partial charge in [-0.1, -0.05) is 29.3 Å². The first-order chi connectivity index (χ1) is 12.1. The predicted molar refractivity (Wildman–Crippen MR) is 109 cm³/mol. The maximum Gasteiger partial charge on any atom is 0.188 e. The number of nitrogens with zero attached hydrogens (tertiary/aromatic N) is 2. The third-order valence-electron chi connectivity index (χ3n) is 3.84. The number of hydrogen-bond donors (Lipinski definition) is 2. The second-order valence-electron chi connectivity index (χ2n) is 5.79. The molecule has 3 N–H and O–H groups in total. The molecular weight excluding hydrogens is 379 g/mol. The molecule has 1 aromatic carbocycles. The molecule has 5 nitrogen and oxygen atoms in total. The first kappa shape index (κ1) is 20.6. The smallest absolute Gasteiger partial charge is 0.188 e. The third-order valence-corrected chi connectivity index (χ3v) is 5.44. The highest BCUT2D eigenvalue weighted by atomic mass is 35.5. The van der Waals surface area contributed by atoms with Crippen LogP contribution in [0.5, 0.6) is 0 Å². The number of aliphatic imine (C=N–C) groups is 1. The van der Waals surface area contributed by atoms with Gasteiger partial charge >= 0.3 is 0 Å². The van der Waals surface area contributed by atoms with Crippen LogP contribution in [0.15, 0.2) is 23.2 Å². The lowest BCUT2D eigenvalue weighted by Crippen LogP contribution is -2.37. The Morgan fingerprint density at radius 2 is 2.12 bits per heavy atom. The summed E-state index contributed by atoms with van der Waals surface area (Å²) in [7, 11) is 0. The number of thioether (sulfide) groups is 1. The molecular formula is C17H26Cl2N4OS. The zero-order valence-corrected chi connectivity index (χ0v) is 16.7. The first-order valence-corrected chi connectivity index (χ1v) is 10.4. The van der Waals surface area contributed by atoms with E-state index in [1.165, 1.54) is 0 Å². The van der Waals surface area contributed by atoms with E-state index in [0.29, 0.717) is 16.0 Å². The number of halogens is 2. The Kier molecular flexibility index (Phi) is 9.80. The molecule has 1 aromatic rings. The van der Waals surface area contributed by atoms with Gasteiger partial charge in [0.2, 0.25) is 0 Å². The van der Waals surface area contributed by atoms with Crippen molar-refractivity contribution >= 4 is 40.9 Å². The normalized spacial score (nSPS) is 16.2. The van der Waals surface area contributed by atoms with Crippen LogP contribution in [0.2, 0.25) is 10.0 Å². The summed E-state index contributed by atoms with van der Waals surface area (Å²) in [5.41, 5.74) is 6.99. The summed E-state index contributed by atoms with van der Waals surface area (Å²) in [5, 5.41) is 4.53. The minimum atomic E-state index is 0.520. The van der Waals surface area contributed by atoms with Crippen molar-refractivity contribution in [1.29, 1.82) is 0 Å². The number of benzene rings is 1. The molecule has 0 spiro atoms. The minimum absolute atomic E-state index is 0.520. The second-order valence-corrected chi connectivity index (χ2v) is 7.74. The van der Waals surface area contributed by atoms with Crippen LogP contribution in [0.25, 0.3) is 0 Å². The van der Waals surface area contributed by atoms with Gasteiger partial charge in [0.05, 0.1) is 13.2 Å². The van der Waals surface area contributed by atoms with Gasteiger partial charge in [-0.25, -0.2) is 0 Å². The van der Waals surface area contributed by atoms with Gasteiger partial charge < -0.3 is 15.8 Å². The van der Waals surface area contributed by atoms with E-state index in [1.807, 2.05) is 12.1 Å². The van der Waals surface area contributed by atoms with Crippen molar-refractivity contribution in [2.24, 2.45) is 10.7 Å². The molecule has 0 atom stereocenters. The molecule has 1 saturated heterocycles. The minimum Gasteiger partial charge on any atom is -0.379 e. The number of guanidine groups is 1. The van der Waals surface area contributed by atoms with Crippen molar-refractivity contribution in [3.8, 4) is 0 Å². The third kappa shape index (κ3) is 8.51. The summed E-state index contributed by atoms with van der Waals surface area (Å²) in [6.45, 7) is 6.31. The Morgan fingerprint density at radius 3 is 2.88 bits per heavy atom. The van der Waals surface area contributed by atoms with E-state index in [9.17, 15) is 0 Å². The molecule has 8 heteroatoms. The maximum absolute atomic E-state index is 6.16. The number of hydrogen-bond acceptors (Lipinski definition) is 4. The van der Waals surface area contributed by atoms with Crippen molar-refractivity contribution < 1.29 is 4.74 Å². The lowest BCUT2D eigenvalue weighted by atomic mass is 10.2. The lowest BCUT2D eigenvalue weighted by Gasteiger charge is -2.26. The van der Waals surface area contributed by atoms with Crippen molar-refractivity contribution in [3.63, 3.8) is 0 Å².